The number of benzene rings is 1. The molecule has 18 heavy (non-hydrogen) atoms. The normalized spacial score (nSPS) is 11.3. The second kappa shape index (κ2) is 6.00. The Balaban J connectivity index is 2.54. The van der Waals surface area contributed by atoms with Gasteiger partial charge < -0.3 is 4.90 Å². The number of hydrogen-bond acceptors (Lipinski definition) is 3. The summed E-state index contributed by atoms with van der Waals surface area (Å²) >= 11 is 0. The van der Waals surface area contributed by atoms with Crippen LogP contribution < -0.4 is 0 Å². The second-order valence-electron chi connectivity index (χ2n) is 4.58. The molecular weight excluding hydrogens is 250 g/mol. The van der Waals surface area contributed by atoms with Crippen molar-refractivity contribution in [2.24, 2.45) is 0 Å². The maximum atomic E-state index is 12.0. The van der Waals surface area contributed by atoms with Crippen LogP contribution >= 0.6 is 0 Å². The Morgan fingerprint density at radius 1 is 1.22 bits per heavy atom. The molecule has 0 bridgehead atoms. The molecule has 0 fully saturated rings. The van der Waals surface area contributed by atoms with Gasteiger partial charge in [0.25, 0.3) is 5.91 Å². The molecule has 0 atom stereocenters. The fourth-order valence-electron chi connectivity index (χ4n) is 1.58. The molecule has 0 aliphatic carbocycles. The molecule has 0 saturated carbocycles. The van der Waals surface area contributed by atoms with Crippen molar-refractivity contribution < 1.29 is 13.2 Å². The third-order valence-corrected chi connectivity index (χ3v) is 3.68. The van der Waals surface area contributed by atoms with Gasteiger partial charge in [-0.2, -0.15) is 0 Å². The highest BCUT2D eigenvalue weighted by Crippen LogP contribution is 2.06. The molecule has 0 spiro atoms. The largest absolute Gasteiger partial charge is 0.342 e. The Morgan fingerprint density at radius 3 is 2.28 bits per heavy atom. The summed E-state index contributed by atoms with van der Waals surface area (Å²) in [4.78, 5) is 13.5. The van der Waals surface area contributed by atoms with E-state index in [1.165, 1.54) is 6.26 Å². The average molecular weight is 269 g/mol. The van der Waals surface area contributed by atoms with Crippen LogP contribution in [0.25, 0.3) is 0 Å². The van der Waals surface area contributed by atoms with Crippen molar-refractivity contribution in [3.8, 4) is 0 Å². The van der Waals surface area contributed by atoms with E-state index in [9.17, 15) is 13.2 Å². The van der Waals surface area contributed by atoms with Gasteiger partial charge in [-0.3, -0.25) is 4.79 Å². The quantitative estimate of drug-likeness (QED) is 0.814. The standard InChI is InChI=1S/C13H19NO3S/c1-11-5-7-12(8-6-11)13(15)14(2)9-4-10-18(3,16)17/h5-8H,4,9-10H2,1-3H3. The van der Waals surface area contributed by atoms with Crippen molar-refractivity contribution in [3.05, 3.63) is 35.4 Å². The van der Waals surface area contributed by atoms with Crippen molar-refractivity contribution in [1.29, 1.82) is 0 Å². The zero-order valence-corrected chi connectivity index (χ0v) is 11.8. The van der Waals surface area contributed by atoms with Gasteiger partial charge >= 0.3 is 0 Å². The number of carbonyl (C=O) groups is 1. The minimum Gasteiger partial charge on any atom is -0.342 e. The summed E-state index contributed by atoms with van der Waals surface area (Å²) in [5, 5.41) is 0. The summed E-state index contributed by atoms with van der Waals surface area (Å²) < 4.78 is 22.0. The number of hydrogen-bond donors (Lipinski definition) is 0. The highest BCUT2D eigenvalue weighted by atomic mass is 32.2. The monoisotopic (exact) mass is 269 g/mol. The predicted molar refractivity (Wildman–Crippen MR) is 72.5 cm³/mol. The lowest BCUT2D eigenvalue weighted by Gasteiger charge is -2.16. The van der Waals surface area contributed by atoms with Crippen molar-refractivity contribution in [2.45, 2.75) is 13.3 Å². The lowest BCUT2D eigenvalue weighted by atomic mass is 10.1. The number of aryl methyl sites for hydroxylation is 1. The fraction of sp³-hybridized carbons (Fsp3) is 0.462. The van der Waals surface area contributed by atoms with Crippen LogP contribution in [0.5, 0.6) is 0 Å². The van der Waals surface area contributed by atoms with Crippen LogP contribution in [-0.4, -0.2) is 44.8 Å². The highest BCUT2D eigenvalue weighted by Gasteiger charge is 2.11. The molecule has 0 saturated heterocycles. The van der Waals surface area contributed by atoms with E-state index in [0.29, 0.717) is 18.5 Å². The van der Waals surface area contributed by atoms with E-state index < -0.39 is 9.84 Å². The molecule has 1 aromatic rings. The first-order valence-corrected chi connectivity index (χ1v) is 7.85. The number of rotatable bonds is 5. The van der Waals surface area contributed by atoms with Crippen molar-refractivity contribution in [3.63, 3.8) is 0 Å². The van der Waals surface area contributed by atoms with E-state index in [4.69, 9.17) is 0 Å². The molecule has 0 unspecified atom stereocenters. The van der Waals surface area contributed by atoms with Gasteiger partial charge in [0, 0.05) is 25.4 Å². The number of nitrogens with zero attached hydrogens (tertiary/aromatic N) is 1. The molecule has 1 amide bonds. The Kier molecular flexibility index (Phi) is 4.90. The Hall–Kier alpha value is -1.36. The maximum Gasteiger partial charge on any atom is 0.253 e. The molecule has 0 aromatic heterocycles. The number of carbonyl (C=O) groups excluding carboxylic acids is 1. The summed E-state index contributed by atoms with van der Waals surface area (Å²) in [6.45, 7) is 2.41. The van der Waals surface area contributed by atoms with Gasteiger partial charge in [-0.15, -0.1) is 0 Å². The molecule has 0 heterocycles. The summed E-state index contributed by atoms with van der Waals surface area (Å²) in [6, 6.07) is 7.34. The smallest absolute Gasteiger partial charge is 0.253 e. The SMILES string of the molecule is Cc1ccc(C(=O)N(C)CCCS(C)(=O)=O)cc1. The van der Waals surface area contributed by atoms with Gasteiger partial charge in [-0.1, -0.05) is 17.7 Å². The molecule has 100 valence electrons. The zero-order chi connectivity index (χ0) is 13.8. The van der Waals surface area contributed by atoms with E-state index in [-0.39, 0.29) is 11.7 Å². The molecule has 1 rings (SSSR count). The van der Waals surface area contributed by atoms with E-state index in [0.717, 1.165) is 5.56 Å². The Morgan fingerprint density at radius 2 is 1.78 bits per heavy atom. The van der Waals surface area contributed by atoms with E-state index in [1.807, 2.05) is 19.1 Å². The van der Waals surface area contributed by atoms with Crippen LogP contribution in [0.3, 0.4) is 0 Å². The zero-order valence-electron chi connectivity index (χ0n) is 11.0. The molecule has 0 aliphatic rings. The van der Waals surface area contributed by atoms with Gasteiger partial charge in [-0.05, 0) is 25.5 Å². The Bertz CT molecular complexity index is 506. The third-order valence-electron chi connectivity index (χ3n) is 2.65. The molecule has 0 radical (unpaired) electrons. The number of sulfone groups is 1. The van der Waals surface area contributed by atoms with Crippen LogP contribution in [0.2, 0.25) is 0 Å². The van der Waals surface area contributed by atoms with Crippen LogP contribution in [0.1, 0.15) is 22.3 Å². The van der Waals surface area contributed by atoms with E-state index >= 15 is 0 Å². The lowest BCUT2D eigenvalue weighted by Crippen LogP contribution is -2.28. The van der Waals surface area contributed by atoms with Crippen LogP contribution in [0, 0.1) is 6.92 Å². The van der Waals surface area contributed by atoms with Crippen molar-refractivity contribution in [2.75, 3.05) is 25.6 Å². The third kappa shape index (κ3) is 4.87. The van der Waals surface area contributed by atoms with Gasteiger partial charge in [-0.25, -0.2) is 8.42 Å². The first kappa shape index (κ1) is 14.7. The average Bonchev–Trinajstić information content (AvgIpc) is 2.27. The summed E-state index contributed by atoms with van der Waals surface area (Å²) in [6.07, 6.45) is 1.67. The van der Waals surface area contributed by atoms with Crippen LogP contribution in [0.15, 0.2) is 24.3 Å². The summed E-state index contributed by atoms with van der Waals surface area (Å²) in [5.41, 5.74) is 1.73. The molecule has 4 nitrogen and oxygen atoms in total. The summed E-state index contributed by atoms with van der Waals surface area (Å²) in [7, 11) is -1.27. The van der Waals surface area contributed by atoms with Crippen molar-refractivity contribution in [1.82, 2.24) is 4.90 Å². The maximum absolute atomic E-state index is 12.0. The highest BCUT2D eigenvalue weighted by molar-refractivity contribution is 7.90. The van der Waals surface area contributed by atoms with Gasteiger partial charge in [0.15, 0.2) is 0 Å². The first-order valence-electron chi connectivity index (χ1n) is 5.79. The minimum atomic E-state index is -2.95. The fourth-order valence-corrected chi connectivity index (χ4v) is 2.24. The molecule has 1 aromatic carbocycles. The predicted octanol–water partition coefficient (Wildman–Crippen LogP) is 1.50. The van der Waals surface area contributed by atoms with Gasteiger partial charge in [0.1, 0.15) is 9.84 Å². The van der Waals surface area contributed by atoms with Crippen LogP contribution in [0.4, 0.5) is 0 Å². The second-order valence-corrected chi connectivity index (χ2v) is 6.84. The topological polar surface area (TPSA) is 54.5 Å². The van der Waals surface area contributed by atoms with E-state index in [2.05, 4.69) is 0 Å². The molecule has 0 N–H and O–H groups in total. The van der Waals surface area contributed by atoms with Crippen LogP contribution in [-0.2, 0) is 9.84 Å². The minimum absolute atomic E-state index is 0.0801. The van der Waals surface area contributed by atoms with Gasteiger partial charge in [0.05, 0.1) is 5.75 Å². The molecule has 5 heteroatoms. The summed E-state index contributed by atoms with van der Waals surface area (Å²) in [5.74, 6) is 0.0295. The molecular formula is C13H19NO3S. The van der Waals surface area contributed by atoms with Gasteiger partial charge in [0.2, 0.25) is 0 Å². The Labute approximate surface area is 109 Å². The molecule has 0 aliphatic heterocycles. The van der Waals surface area contributed by atoms with Crippen molar-refractivity contribution >= 4 is 15.7 Å². The lowest BCUT2D eigenvalue weighted by molar-refractivity contribution is 0.0795. The number of amides is 1. The van der Waals surface area contributed by atoms with E-state index in [1.54, 1.807) is 24.1 Å². The first-order chi connectivity index (χ1) is 8.29.